The summed E-state index contributed by atoms with van der Waals surface area (Å²) in [5, 5.41) is 2.96. The zero-order valence-corrected chi connectivity index (χ0v) is 19.3. The number of hydrogen-bond donors (Lipinski definition) is 1. The second kappa shape index (κ2) is 12.8. The van der Waals surface area contributed by atoms with E-state index >= 15 is 0 Å². The molecule has 1 atom stereocenters. The Morgan fingerprint density at radius 3 is 2.32 bits per heavy atom. The van der Waals surface area contributed by atoms with Gasteiger partial charge < -0.3 is 15.0 Å². The molecule has 5 nitrogen and oxygen atoms in total. The Morgan fingerprint density at radius 2 is 1.71 bits per heavy atom. The molecular formula is C26H36N2O3. The molecule has 31 heavy (non-hydrogen) atoms. The lowest BCUT2D eigenvalue weighted by Crippen LogP contribution is -2.49. The molecule has 0 bridgehead atoms. The Labute approximate surface area is 186 Å². The standard InChI is InChI=1S/C26H36N2O3/c1-5-17-27-26(30)24(7-3)28(19-22-9-8-10-23(18-22)31-4)25(29)16-15-21-13-11-20(6-2)12-14-21/h8-14,18,24H,5-7,15-17,19H2,1-4H3,(H,27,30)/t24-/m1/s1. The Morgan fingerprint density at radius 1 is 1.00 bits per heavy atom. The van der Waals surface area contributed by atoms with Crippen LogP contribution in [0.15, 0.2) is 48.5 Å². The van der Waals surface area contributed by atoms with Gasteiger partial charge in [-0.3, -0.25) is 9.59 Å². The van der Waals surface area contributed by atoms with Gasteiger partial charge in [0.1, 0.15) is 11.8 Å². The maximum atomic E-state index is 13.3. The second-order valence-electron chi connectivity index (χ2n) is 7.76. The Bertz CT molecular complexity index is 833. The van der Waals surface area contributed by atoms with Crippen LogP contribution in [-0.4, -0.2) is 36.4 Å². The third-order valence-corrected chi connectivity index (χ3v) is 5.48. The first-order valence-corrected chi connectivity index (χ1v) is 11.3. The largest absolute Gasteiger partial charge is 0.497 e. The van der Waals surface area contributed by atoms with Crippen molar-refractivity contribution < 1.29 is 14.3 Å². The van der Waals surface area contributed by atoms with Crippen LogP contribution in [0.25, 0.3) is 0 Å². The van der Waals surface area contributed by atoms with Crippen molar-refractivity contribution in [3.05, 3.63) is 65.2 Å². The van der Waals surface area contributed by atoms with Crippen LogP contribution in [0.5, 0.6) is 5.75 Å². The molecule has 0 heterocycles. The molecule has 2 aromatic carbocycles. The fourth-order valence-corrected chi connectivity index (χ4v) is 3.59. The number of nitrogens with zero attached hydrogens (tertiary/aromatic N) is 1. The number of carbonyl (C=O) groups is 2. The summed E-state index contributed by atoms with van der Waals surface area (Å²) in [6, 6.07) is 15.6. The van der Waals surface area contributed by atoms with Gasteiger partial charge in [-0.25, -0.2) is 0 Å². The summed E-state index contributed by atoms with van der Waals surface area (Å²) in [7, 11) is 1.62. The predicted octanol–water partition coefficient (Wildman–Crippen LogP) is 4.52. The lowest BCUT2D eigenvalue weighted by atomic mass is 10.0. The lowest BCUT2D eigenvalue weighted by Gasteiger charge is -2.31. The van der Waals surface area contributed by atoms with Gasteiger partial charge in [0, 0.05) is 19.5 Å². The number of aryl methyl sites for hydroxylation is 2. The van der Waals surface area contributed by atoms with E-state index in [2.05, 4.69) is 36.5 Å². The van der Waals surface area contributed by atoms with Gasteiger partial charge in [0.25, 0.3) is 0 Å². The van der Waals surface area contributed by atoms with E-state index in [4.69, 9.17) is 4.74 Å². The smallest absolute Gasteiger partial charge is 0.242 e. The van der Waals surface area contributed by atoms with E-state index in [1.165, 1.54) is 5.56 Å². The summed E-state index contributed by atoms with van der Waals surface area (Å²) in [4.78, 5) is 27.8. The number of ether oxygens (including phenoxy) is 1. The predicted molar refractivity (Wildman–Crippen MR) is 125 cm³/mol. The monoisotopic (exact) mass is 424 g/mol. The van der Waals surface area contributed by atoms with Gasteiger partial charge in [0.05, 0.1) is 7.11 Å². The van der Waals surface area contributed by atoms with Crippen molar-refractivity contribution in [3.8, 4) is 5.75 Å². The number of benzene rings is 2. The lowest BCUT2D eigenvalue weighted by molar-refractivity contribution is -0.141. The van der Waals surface area contributed by atoms with Crippen LogP contribution in [-0.2, 0) is 29.0 Å². The minimum Gasteiger partial charge on any atom is -0.497 e. The van der Waals surface area contributed by atoms with E-state index in [9.17, 15) is 9.59 Å². The van der Waals surface area contributed by atoms with Crippen LogP contribution < -0.4 is 10.1 Å². The Hall–Kier alpha value is -2.82. The van der Waals surface area contributed by atoms with Crippen molar-refractivity contribution in [3.63, 3.8) is 0 Å². The van der Waals surface area contributed by atoms with Crippen molar-refractivity contribution >= 4 is 11.8 Å². The molecule has 0 unspecified atom stereocenters. The molecule has 0 aliphatic carbocycles. The first kappa shape index (κ1) is 24.4. The average Bonchev–Trinajstić information content (AvgIpc) is 2.81. The molecule has 0 saturated carbocycles. The molecule has 1 N–H and O–H groups in total. The third-order valence-electron chi connectivity index (χ3n) is 5.48. The molecule has 5 heteroatoms. The Balaban J connectivity index is 2.18. The van der Waals surface area contributed by atoms with Crippen molar-refractivity contribution in [2.45, 2.75) is 65.5 Å². The number of amides is 2. The van der Waals surface area contributed by atoms with Crippen molar-refractivity contribution in [2.75, 3.05) is 13.7 Å². The number of carbonyl (C=O) groups excluding carboxylic acids is 2. The molecule has 0 spiro atoms. The molecular weight excluding hydrogens is 388 g/mol. The normalized spacial score (nSPS) is 11.6. The fourth-order valence-electron chi connectivity index (χ4n) is 3.59. The summed E-state index contributed by atoms with van der Waals surface area (Å²) in [5.41, 5.74) is 3.37. The van der Waals surface area contributed by atoms with Crippen molar-refractivity contribution in [1.82, 2.24) is 10.2 Å². The van der Waals surface area contributed by atoms with Crippen LogP contribution >= 0.6 is 0 Å². The minimum atomic E-state index is -0.493. The van der Waals surface area contributed by atoms with Crippen LogP contribution in [0.2, 0.25) is 0 Å². The topological polar surface area (TPSA) is 58.6 Å². The first-order chi connectivity index (χ1) is 15.0. The maximum absolute atomic E-state index is 13.3. The highest BCUT2D eigenvalue weighted by atomic mass is 16.5. The van der Waals surface area contributed by atoms with Gasteiger partial charge >= 0.3 is 0 Å². The minimum absolute atomic E-state index is 0.0131. The fraction of sp³-hybridized carbons (Fsp3) is 0.462. The summed E-state index contributed by atoms with van der Waals surface area (Å²) in [5.74, 6) is 0.637. The number of hydrogen-bond acceptors (Lipinski definition) is 3. The highest BCUT2D eigenvalue weighted by Crippen LogP contribution is 2.19. The molecule has 0 aliphatic heterocycles. The molecule has 0 aliphatic rings. The Kier molecular flexibility index (Phi) is 10.1. The zero-order chi connectivity index (χ0) is 22.6. The highest BCUT2D eigenvalue weighted by molar-refractivity contribution is 5.87. The average molecular weight is 425 g/mol. The number of rotatable bonds is 12. The summed E-state index contributed by atoms with van der Waals surface area (Å²) in [6.07, 6.45) is 3.45. The van der Waals surface area contributed by atoms with E-state index in [1.54, 1.807) is 12.0 Å². The van der Waals surface area contributed by atoms with Crippen molar-refractivity contribution in [2.24, 2.45) is 0 Å². The SMILES string of the molecule is CCCNC(=O)[C@@H](CC)N(Cc1cccc(OC)c1)C(=O)CCc1ccc(CC)cc1. The summed E-state index contributed by atoms with van der Waals surface area (Å²) >= 11 is 0. The van der Waals surface area contributed by atoms with Gasteiger partial charge in [-0.2, -0.15) is 0 Å². The number of methoxy groups -OCH3 is 1. The molecule has 2 rings (SSSR count). The van der Waals surface area contributed by atoms with Crippen LogP contribution in [0.4, 0.5) is 0 Å². The van der Waals surface area contributed by atoms with Gasteiger partial charge in [0.2, 0.25) is 11.8 Å². The zero-order valence-electron chi connectivity index (χ0n) is 19.3. The molecule has 0 radical (unpaired) electrons. The van der Waals surface area contributed by atoms with E-state index in [-0.39, 0.29) is 11.8 Å². The van der Waals surface area contributed by atoms with E-state index in [0.29, 0.717) is 32.4 Å². The third kappa shape index (κ3) is 7.42. The molecule has 0 aromatic heterocycles. The molecule has 0 saturated heterocycles. The summed E-state index contributed by atoms with van der Waals surface area (Å²) < 4.78 is 5.33. The van der Waals surface area contributed by atoms with Crippen LogP contribution in [0.3, 0.4) is 0 Å². The highest BCUT2D eigenvalue weighted by Gasteiger charge is 2.28. The molecule has 168 valence electrons. The van der Waals surface area contributed by atoms with Crippen LogP contribution in [0.1, 0.15) is 56.7 Å². The quantitative estimate of drug-likeness (QED) is 0.545. The second-order valence-corrected chi connectivity index (χ2v) is 7.76. The van der Waals surface area contributed by atoms with Crippen molar-refractivity contribution in [1.29, 1.82) is 0 Å². The van der Waals surface area contributed by atoms with Gasteiger partial charge in [-0.15, -0.1) is 0 Å². The van der Waals surface area contributed by atoms with E-state index in [0.717, 1.165) is 29.7 Å². The number of nitrogens with one attached hydrogen (secondary N) is 1. The van der Waals surface area contributed by atoms with Crippen LogP contribution in [0, 0.1) is 0 Å². The summed E-state index contributed by atoms with van der Waals surface area (Å²) in [6.45, 7) is 7.09. The molecule has 2 aromatic rings. The van der Waals surface area contributed by atoms with Gasteiger partial charge in [-0.1, -0.05) is 57.2 Å². The molecule has 2 amide bonds. The van der Waals surface area contributed by atoms with Gasteiger partial charge in [-0.05, 0) is 54.5 Å². The first-order valence-electron chi connectivity index (χ1n) is 11.3. The van der Waals surface area contributed by atoms with E-state index in [1.807, 2.05) is 38.1 Å². The van der Waals surface area contributed by atoms with Gasteiger partial charge in [0.15, 0.2) is 0 Å². The maximum Gasteiger partial charge on any atom is 0.242 e. The van der Waals surface area contributed by atoms with E-state index < -0.39 is 6.04 Å². The molecule has 0 fully saturated rings.